The van der Waals surface area contributed by atoms with Crippen LogP contribution in [0, 0.1) is 11.8 Å². The third-order valence-corrected chi connectivity index (χ3v) is 3.60. The summed E-state index contributed by atoms with van der Waals surface area (Å²) in [6, 6.07) is -0.130. The third kappa shape index (κ3) is 4.22. The van der Waals surface area contributed by atoms with Crippen molar-refractivity contribution in [2.24, 2.45) is 11.8 Å². The Morgan fingerprint density at radius 2 is 1.94 bits per heavy atom. The lowest BCUT2D eigenvalue weighted by atomic mass is 9.86. The standard InChI is InChI=1S/C12H21F2NO2/c1-8(7-16)9(2)15-11(17)10-3-5-12(13,14)6-4-10/h8-10,16H,3-7H2,1-2H3,(H,15,17). The molecule has 3 nitrogen and oxygen atoms in total. The first-order chi connectivity index (χ1) is 7.85. The molecule has 0 bridgehead atoms. The van der Waals surface area contributed by atoms with Gasteiger partial charge in [0.2, 0.25) is 11.8 Å². The number of carbonyl (C=O) groups excluding carboxylic acids is 1. The van der Waals surface area contributed by atoms with Crippen molar-refractivity contribution in [1.82, 2.24) is 5.32 Å². The molecule has 0 heterocycles. The van der Waals surface area contributed by atoms with E-state index < -0.39 is 5.92 Å². The summed E-state index contributed by atoms with van der Waals surface area (Å²) in [5.41, 5.74) is 0. The summed E-state index contributed by atoms with van der Waals surface area (Å²) in [4.78, 5) is 11.8. The van der Waals surface area contributed by atoms with Crippen molar-refractivity contribution in [3.8, 4) is 0 Å². The SMILES string of the molecule is CC(CO)C(C)NC(=O)C1CCC(F)(F)CC1. The molecule has 0 radical (unpaired) electrons. The number of aliphatic hydroxyl groups excluding tert-OH is 1. The van der Waals surface area contributed by atoms with Crippen LogP contribution in [0.4, 0.5) is 8.78 Å². The van der Waals surface area contributed by atoms with Gasteiger partial charge in [-0.05, 0) is 25.7 Å². The minimum Gasteiger partial charge on any atom is -0.396 e. The molecule has 5 heteroatoms. The molecule has 2 atom stereocenters. The van der Waals surface area contributed by atoms with E-state index in [9.17, 15) is 13.6 Å². The van der Waals surface area contributed by atoms with Gasteiger partial charge < -0.3 is 10.4 Å². The van der Waals surface area contributed by atoms with E-state index in [-0.39, 0.29) is 56.1 Å². The fourth-order valence-corrected chi connectivity index (χ4v) is 1.94. The molecule has 2 unspecified atom stereocenters. The Hall–Kier alpha value is -0.710. The fourth-order valence-electron chi connectivity index (χ4n) is 1.94. The summed E-state index contributed by atoms with van der Waals surface area (Å²) < 4.78 is 25.8. The molecule has 1 rings (SSSR count). The van der Waals surface area contributed by atoms with E-state index in [4.69, 9.17) is 5.11 Å². The molecule has 0 aromatic heterocycles. The highest BCUT2D eigenvalue weighted by atomic mass is 19.3. The molecule has 2 N–H and O–H groups in total. The number of amides is 1. The summed E-state index contributed by atoms with van der Waals surface area (Å²) in [6.45, 7) is 3.65. The molecule has 0 spiro atoms. The summed E-state index contributed by atoms with van der Waals surface area (Å²) >= 11 is 0. The topological polar surface area (TPSA) is 49.3 Å². The van der Waals surface area contributed by atoms with Gasteiger partial charge in [0.05, 0.1) is 0 Å². The van der Waals surface area contributed by atoms with E-state index in [0.29, 0.717) is 0 Å². The molecule has 100 valence electrons. The van der Waals surface area contributed by atoms with E-state index in [1.807, 2.05) is 13.8 Å². The predicted molar refractivity (Wildman–Crippen MR) is 60.8 cm³/mol. The second-order valence-corrected chi connectivity index (χ2v) is 5.09. The Labute approximate surface area is 101 Å². The lowest BCUT2D eigenvalue weighted by Gasteiger charge is -2.29. The molecular formula is C12H21F2NO2. The third-order valence-electron chi connectivity index (χ3n) is 3.60. The molecule has 0 aromatic carbocycles. The highest BCUT2D eigenvalue weighted by Gasteiger charge is 2.37. The van der Waals surface area contributed by atoms with Crippen LogP contribution in [0.15, 0.2) is 0 Å². The van der Waals surface area contributed by atoms with Crippen LogP contribution in [0.5, 0.6) is 0 Å². The maximum Gasteiger partial charge on any atom is 0.248 e. The van der Waals surface area contributed by atoms with Crippen molar-refractivity contribution in [3.05, 3.63) is 0 Å². The average Bonchev–Trinajstić information content (AvgIpc) is 2.27. The van der Waals surface area contributed by atoms with Gasteiger partial charge in [-0.25, -0.2) is 8.78 Å². The first-order valence-electron chi connectivity index (χ1n) is 6.15. The van der Waals surface area contributed by atoms with Gasteiger partial charge in [0.1, 0.15) is 0 Å². The van der Waals surface area contributed by atoms with Crippen LogP contribution in [0.25, 0.3) is 0 Å². The number of aliphatic hydroxyl groups is 1. The highest BCUT2D eigenvalue weighted by Crippen LogP contribution is 2.36. The van der Waals surface area contributed by atoms with E-state index in [1.165, 1.54) is 0 Å². The Kier molecular flexibility index (Phi) is 4.86. The fraction of sp³-hybridized carbons (Fsp3) is 0.917. The molecule has 17 heavy (non-hydrogen) atoms. The molecule has 0 saturated heterocycles. The Bertz CT molecular complexity index is 261. The molecule has 0 aromatic rings. The number of rotatable bonds is 4. The number of halogens is 2. The second-order valence-electron chi connectivity index (χ2n) is 5.09. The number of alkyl halides is 2. The van der Waals surface area contributed by atoms with Gasteiger partial charge in [-0.3, -0.25) is 4.79 Å². The van der Waals surface area contributed by atoms with Gasteiger partial charge in [-0.2, -0.15) is 0 Å². The van der Waals surface area contributed by atoms with Gasteiger partial charge in [-0.15, -0.1) is 0 Å². The van der Waals surface area contributed by atoms with Gasteiger partial charge in [0.15, 0.2) is 0 Å². The first kappa shape index (κ1) is 14.4. The number of carbonyl (C=O) groups is 1. The predicted octanol–water partition coefficient (Wildman–Crippen LogP) is 1.95. The van der Waals surface area contributed by atoms with Gasteiger partial charge in [0.25, 0.3) is 0 Å². The molecular weight excluding hydrogens is 228 g/mol. The largest absolute Gasteiger partial charge is 0.396 e. The van der Waals surface area contributed by atoms with Gasteiger partial charge in [0, 0.05) is 31.4 Å². The molecule has 1 aliphatic rings. The monoisotopic (exact) mass is 249 g/mol. The maximum atomic E-state index is 12.9. The second kappa shape index (κ2) is 5.76. The van der Waals surface area contributed by atoms with E-state index in [2.05, 4.69) is 5.32 Å². The summed E-state index contributed by atoms with van der Waals surface area (Å²) in [5, 5.41) is 11.7. The zero-order chi connectivity index (χ0) is 13.1. The molecule has 1 saturated carbocycles. The number of nitrogens with one attached hydrogen (secondary N) is 1. The van der Waals surface area contributed by atoms with Crippen LogP contribution < -0.4 is 5.32 Å². The number of hydrogen-bond donors (Lipinski definition) is 2. The minimum absolute atomic E-state index is 0.00415. The van der Waals surface area contributed by atoms with Crippen LogP contribution in [0.3, 0.4) is 0 Å². The minimum atomic E-state index is -2.60. The molecule has 0 aliphatic heterocycles. The highest BCUT2D eigenvalue weighted by molar-refractivity contribution is 5.79. The molecule has 1 aliphatic carbocycles. The zero-order valence-electron chi connectivity index (χ0n) is 10.4. The van der Waals surface area contributed by atoms with Crippen LogP contribution in [-0.2, 0) is 4.79 Å². The van der Waals surface area contributed by atoms with Crippen molar-refractivity contribution in [2.45, 2.75) is 51.5 Å². The van der Waals surface area contributed by atoms with E-state index in [1.54, 1.807) is 0 Å². The van der Waals surface area contributed by atoms with Crippen molar-refractivity contribution in [2.75, 3.05) is 6.61 Å². The van der Waals surface area contributed by atoms with Crippen molar-refractivity contribution < 1.29 is 18.7 Å². The van der Waals surface area contributed by atoms with Crippen molar-refractivity contribution in [1.29, 1.82) is 0 Å². The normalized spacial score (nSPS) is 24.1. The van der Waals surface area contributed by atoms with Gasteiger partial charge >= 0.3 is 0 Å². The quantitative estimate of drug-likeness (QED) is 0.800. The van der Waals surface area contributed by atoms with Crippen molar-refractivity contribution >= 4 is 5.91 Å². The smallest absolute Gasteiger partial charge is 0.248 e. The Balaban J connectivity index is 2.39. The van der Waals surface area contributed by atoms with Crippen LogP contribution in [0.2, 0.25) is 0 Å². The van der Waals surface area contributed by atoms with E-state index >= 15 is 0 Å². The molecule has 1 amide bonds. The van der Waals surface area contributed by atoms with Gasteiger partial charge in [-0.1, -0.05) is 6.92 Å². The summed E-state index contributed by atoms with van der Waals surface area (Å²) in [7, 11) is 0. The zero-order valence-corrected chi connectivity index (χ0v) is 10.4. The lowest BCUT2D eigenvalue weighted by Crippen LogP contribution is -2.43. The van der Waals surface area contributed by atoms with Crippen molar-refractivity contribution in [3.63, 3.8) is 0 Å². The number of hydrogen-bond acceptors (Lipinski definition) is 2. The molecule has 1 fully saturated rings. The van der Waals surface area contributed by atoms with Crippen LogP contribution in [-0.4, -0.2) is 29.6 Å². The summed E-state index contributed by atoms with van der Waals surface area (Å²) in [6.07, 6.45) is 0.0994. The van der Waals surface area contributed by atoms with Crippen LogP contribution >= 0.6 is 0 Å². The average molecular weight is 249 g/mol. The van der Waals surface area contributed by atoms with E-state index in [0.717, 1.165) is 0 Å². The Morgan fingerprint density at radius 3 is 2.41 bits per heavy atom. The van der Waals surface area contributed by atoms with Crippen LogP contribution in [0.1, 0.15) is 39.5 Å². The first-order valence-corrected chi connectivity index (χ1v) is 6.15. The summed E-state index contributed by atoms with van der Waals surface area (Å²) in [5.74, 6) is -3.08. The lowest BCUT2D eigenvalue weighted by molar-refractivity contribution is -0.130. The Morgan fingerprint density at radius 1 is 1.41 bits per heavy atom. The maximum absolute atomic E-state index is 12.9.